The van der Waals surface area contributed by atoms with E-state index in [1.807, 2.05) is 0 Å². The van der Waals surface area contributed by atoms with Gasteiger partial charge in [0.05, 0.1) is 5.69 Å². The van der Waals surface area contributed by atoms with Gasteiger partial charge >= 0.3 is 0 Å². The fraction of sp³-hybridized carbons (Fsp3) is 0.364. The van der Waals surface area contributed by atoms with Gasteiger partial charge in [-0.25, -0.2) is 12.8 Å². The Morgan fingerprint density at radius 1 is 1.42 bits per heavy atom. The molecule has 8 heteroatoms. The largest absolute Gasteiger partial charge is 0.398 e. The predicted molar refractivity (Wildman–Crippen MR) is 66.9 cm³/mol. The van der Waals surface area contributed by atoms with Crippen molar-refractivity contribution < 1.29 is 17.6 Å². The summed E-state index contributed by atoms with van der Waals surface area (Å²) in [5.74, 6) is -1.42. The van der Waals surface area contributed by atoms with Gasteiger partial charge in [0.1, 0.15) is 16.8 Å². The van der Waals surface area contributed by atoms with E-state index in [4.69, 9.17) is 11.5 Å². The molecule has 0 aromatic heterocycles. The van der Waals surface area contributed by atoms with Gasteiger partial charge in [0.25, 0.3) is 0 Å². The number of amides is 1. The molecule has 1 heterocycles. The first kappa shape index (κ1) is 13.8. The molecule has 0 radical (unpaired) electrons. The van der Waals surface area contributed by atoms with E-state index in [1.165, 1.54) is 6.07 Å². The number of carbonyl (C=O) groups is 1. The molecule has 19 heavy (non-hydrogen) atoms. The molecule has 1 atom stereocenters. The van der Waals surface area contributed by atoms with E-state index >= 15 is 0 Å². The highest BCUT2D eigenvalue weighted by Gasteiger charge is 2.39. The molecule has 6 nitrogen and oxygen atoms in total. The zero-order valence-corrected chi connectivity index (χ0v) is 10.9. The van der Waals surface area contributed by atoms with Crippen molar-refractivity contribution in [1.82, 2.24) is 4.31 Å². The molecule has 2 rings (SSSR count). The van der Waals surface area contributed by atoms with Gasteiger partial charge in [-0.2, -0.15) is 4.31 Å². The monoisotopic (exact) mass is 287 g/mol. The Morgan fingerprint density at radius 2 is 2.11 bits per heavy atom. The average molecular weight is 287 g/mol. The van der Waals surface area contributed by atoms with E-state index < -0.39 is 27.8 Å². The van der Waals surface area contributed by atoms with Crippen LogP contribution in [0.3, 0.4) is 0 Å². The molecule has 4 N–H and O–H groups in total. The van der Waals surface area contributed by atoms with Crippen molar-refractivity contribution in [3.63, 3.8) is 0 Å². The third-order valence-corrected chi connectivity index (χ3v) is 5.06. The minimum Gasteiger partial charge on any atom is -0.398 e. The zero-order valence-electron chi connectivity index (χ0n) is 10.0. The molecular weight excluding hydrogens is 273 g/mol. The van der Waals surface area contributed by atoms with E-state index in [9.17, 15) is 17.6 Å². The second-order valence-corrected chi connectivity index (χ2v) is 6.22. The second-order valence-electron chi connectivity index (χ2n) is 4.36. The number of anilines is 1. The second kappa shape index (κ2) is 4.78. The SMILES string of the molecule is NC(=O)C1CCCN1S(=O)(=O)c1cc(F)ccc1N. The Bertz CT molecular complexity index is 618. The molecule has 104 valence electrons. The first-order valence-corrected chi connectivity index (χ1v) is 7.14. The van der Waals surface area contributed by atoms with Crippen molar-refractivity contribution in [3.05, 3.63) is 24.0 Å². The molecule has 1 aromatic rings. The first-order chi connectivity index (χ1) is 8.84. The lowest BCUT2D eigenvalue weighted by atomic mass is 10.2. The third kappa shape index (κ3) is 2.41. The van der Waals surface area contributed by atoms with Crippen LogP contribution in [-0.2, 0) is 14.8 Å². The summed E-state index contributed by atoms with van der Waals surface area (Å²) in [6, 6.07) is 2.20. The fourth-order valence-corrected chi connectivity index (χ4v) is 3.96. The van der Waals surface area contributed by atoms with Crippen LogP contribution < -0.4 is 11.5 Å². The summed E-state index contributed by atoms with van der Waals surface area (Å²) in [5.41, 5.74) is 10.7. The molecule has 1 aliphatic rings. The van der Waals surface area contributed by atoms with Gasteiger partial charge in [-0.05, 0) is 31.0 Å². The highest BCUT2D eigenvalue weighted by Crippen LogP contribution is 2.29. The van der Waals surface area contributed by atoms with E-state index in [2.05, 4.69) is 0 Å². The Balaban J connectivity index is 2.48. The van der Waals surface area contributed by atoms with Crippen LogP contribution in [-0.4, -0.2) is 31.2 Å². The Morgan fingerprint density at radius 3 is 2.74 bits per heavy atom. The van der Waals surface area contributed by atoms with E-state index in [-0.39, 0.29) is 17.1 Å². The van der Waals surface area contributed by atoms with Gasteiger partial charge in [-0.1, -0.05) is 0 Å². The molecular formula is C11H14FN3O3S. The quantitative estimate of drug-likeness (QED) is 0.766. The fourth-order valence-electron chi connectivity index (χ4n) is 2.17. The number of nitrogen functional groups attached to an aromatic ring is 1. The number of halogens is 1. The van der Waals surface area contributed by atoms with E-state index in [0.717, 1.165) is 16.4 Å². The smallest absolute Gasteiger partial charge is 0.245 e. The van der Waals surface area contributed by atoms with E-state index in [1.54, 1.807) is 0 Å². The summed E-state index contributed by atoms with van der Waals surface area (Å²) in [6.45, 7) is 0.173. The Labute approximate surface area is 110 Å². The minimum absolute atomic E-state index is 0.0588. The van der Waals surface area contributed by atoms with Crippen LogP contribution in [0.15, 0.2) is 23.1 Å². The van der Waals surface area contributed by atoms with Gasteiger partial charge in [0.15, 0.2) is 0 Å². The lowest BCUT2D eigenvalue weighted by Crippen LogP contribution is -2.43. The molecule has 1 unspecified atom stereocenters. The van der Waals surface area contributed by atoms with Crippen molar-refractivity contribution in [3.8, 4) is 0 Å². The van der Waals surface area contributed by atoms with Gasteiger partial charge in [0.2, 0.25) is 15.9 Å². The third-order valence-electron chi connectivity index (χ3n) is 3.09. The minimum atomic E-state index is -4.02. The predicted octanol–water partition coefficient (Wildman–Crippen LogP) is 0.0463. The maximum absolute atomic E-state index is 13.2. The van der Waals surface area contributed by atoms with Crippen LogP contribution in [0.5, 0.6) is 0 Å². The highest BCUT2D eigenvalue weighted by atomic mass is 32.2. The highest BCUT2D eigenvalue weighted by molar-refractivity contribution is 7.89. The molecule has 0 bridgehead atoms. The van der Waals surface area contributed by atoms with Gasteiger partial charge < -0.3 is 11.5 Å². The average Bonchev–Trinajstić information content (AvgIpc) is 2.82. The van der Waals surface area contributed by atoms with Crippen molar-refractivity contribution in [2.24, 2.45) is 5.73 Å². The zero-order chi connectivity index (χ0) is 14.2. The van der Waals surface area contributed by atoms with Gasteiger partial charge in [-0.15, -0.1) is 0 Å². The summed E-state index contributed by atoms with van der Waals surface area (Å²) >= 11 is 0. The number of nitrogens with two attached hydrogens (primary N) is 2. The number of hydrogen-bond donors (Lipinski definition) is 2. The number of benzene rings is 1. The van der Waals surface area contributed by atoms with Gasteiger partial charge in [-0.3, -0.25) is 4.79 Å². The Kier molecular flexibility index (Phi) is 3.46. The normalized spacial score (nSPS) is 20.6. The van der Waals surface area contributed by atoms with Crippen LogP contribution in [0, 0.1) is 5.82 Å². The molecule has 0 saturated carbocycles. The number of primary amides is 1. The summed E-state index contributed by atoms with van der Waals surface area (Å²) in [6.07, 6.45) is 0.895. The van der Waals surface area contributed by atoms with Crippen LogP contribution in [0.2, 0.25) is 0 Å². The lowest BCUT2D eigenvalue weighted by Gasteiger charge is -2.22. The Hall–Kier alpha value is -1.67. The van der Waals surface area contributed by atoms with Gasteiger partial charge in [0, 0.05) is 6.54 Å². The van der Waals surface area contributed by atoms with Crippen molar-refractivity contribution in [2.75, 3.05) is 12.3 Å². The lowest BCUT2D eigenvalue weighted by molar-refractivity contribution is -0.121. The molecule has 1 amide bonds. The van der Waals surface area contributed by atoms with Crippen molar-refractivity contribution in [1.29, 1.82) is 0 Å². The maximum atomic E-state index is 13.2. The summed E-state index contributed by atoms with van der Waals surface area (Å²) in [7, 11) is -4.02. The summed E-state index contributed by atoms with van der Waals surface area (Å²) in [4.78, 5) is 10.9. The number of sulfonamides is 1. The van der Waals surface area contributed by atoms with Crippen LogP contribution in [0.1, 0.15) is 12.8 Å². The standard InChI is InChI=1S/C11H14FN3O3S/c12-7-3-4-8(13)10(6-7)19(17,18)15-5-1-2-9(15)11(14)16/h3-4,6,9H,1-2,5,13H2,(H2,14,16). The molecule has 1 fully saturated rings. The van der Waals surface area contributed by atoms with Crippen molar-refractivity contribution >= 4 is 21.6 Å². The number of hydrogen-bond acceptors (Lipinski definition) is 4. The molecule has 1 aromatic carbocycles. The summed E-state index contributed by atoms with van der Waals surface area (Å²) < 4.78 is 39.0. The van der Waals surface area contributed by atoms with Crippen LogP contribution in [0.4, 0.5) is 10.1 Å². The number of nitrogens with zero attached hydrogens (tertiary/aromatic N) is 1. The molecule has 0 spiro atoms. The maximum Gasteiger partial charge on any atom is 0.245 e. The van der Waals surface area contributed by atoms with Crippen molar-refractivity contribution in [2.45, 2.75) is 23.8 Å². The molecule has 1 aliphatic heterocycles. The molecule has 0 aliphatic carbocycles. The first-order valence-electron chi connectivity index (χ1n) is 5.70. The van der Waals surface area contributed by atoms with Crippen LogP contribution >= 0.6 is 0 Å². The van der Waals surface area contributed by atoms with Crippen LogP contribution in [0.25, 0.3) is 0 Å². The topological polar surface area (TPSA) is 106 Å². The number of carbonyl (C=O) groups excluding carboxylic acids is 1. The summed E-state index contributed by atoms with van der Waals surface area (Å²) in [5, 5.41) is 0. The number of rotatable bonds is 3. The van der Waals surface area contributed by atoms with E-state index in [0.29, 0.717) is 12.8 Å². The molecule has 1 saturated heterocycles.